The van der Waals surface area contributed by atoms with Crippen LogP contribution in [0.3, 0.4) is 0 Å². The highest BCUT2D eigenvalue weighted by molar-refractivity contribution is 6.30. The molecule has 0 N–H and O–H groups in total. The Balaban J connectivity index is 1.45. The van der Waals surface area contributed by atoms with Crippen molar-refractivity contribution in [1.82, 2.24) is 9.80 Å². The van der Waals surface area contributed by atoms with E-state index in [-0.39, 0.29) is 44.6 Å². The minimum absolute atomic E-state index is 0.0474. The minimum Gasteiger partial charge on any atom is -0.490 e. The van der Waals surface area contributed by atoms with E-state index in [9.17, 15) is 9.59 Å². The summed E-state index contributed by atoms with van der Waals surface area (Å²) in [6, 6.07) is 23.6. The quantitative estimate of drug-likeness (QED) is 0.347. The molecule has 1 atom stereocenters. The summed E-state index contributed by atoms with van der Waals surface area (Å²) in [7, 11) is 1.76. The van der Waals surface area contributed by atoms with Crippen molar-refractivity contribution >= 4 is 35.0 Å². The molecule has 38 heavy (non-hydrogen) atoms. The summed E-state index contributed by atoms with van der Waals surface area (Å²) in [5, 5.41) is 1.18. The standard InChI is InChI=1S/C29H30Cl2N2O5/c1-32(18-22-5-3-2-4-6-22)27(34)17-29(21-37-26-13-9-24(31)10-14-26)20-33(15-16-38-29)28(35)19-36-25-11-7-23(30)8-12-25/h2-14H,15-21H2,1H3/t29-/m1/s1. The molecular formula is C29H30Cl2N2O5. The molecule has 1 aliphatic rings. The molecule has 4 rings (SSSR count). The van der Waals surface area contributed by atoms with Crippen molar-refractivity contribution in [3.63, 3.8) is 0 Å². The summed E-state index contributed by atoms with van der Waals surface area (Å²) in [5.41, 5.74) is -0.00826. The zero-order valence-electron chi connectivity index (χ0n) is 21.1. The van der Waals surface area contributed by atoms with Gasteiger partial charge in [-0.2, -0.15) is 0 Å². The van der Waals surface area contributed by atoms with Crippen LogP contribution in [0.15, 0.2) is 78.9 Å². The van der Waals surface area contributed by atoms with Gasteiger partial charge in [0.25, 0.3) is 5.91 Å². The first-order valence-electron chi connectivity index (χ1n) is 12.3. The van der Waals surface area contributed by atoms with Crippen molar-refractivity contribution < 1.29 is 23.8 Å². The maximum Gasteiger partial charge on any atom is 0.260 e. The Bertz CT molecular complexity index is 1210. The van der Waals surface area contributed by atoms with Crippen LogP contribution in [0.25, 0.3) is 0 Å². The molecule has 1 heterocycles. The molecule has 3 aromatic rings. The first-order valence-corrected chi connectivity index (χ1v) is 13.0. The fourth-order valence-corrected chi connectivity index (χ4v) is 4.42. The van der Waals surface area contributed by atoms with Crippen LogP contribution < -0.4 is 9.47 Å². The maximum absolute atomic E-state index is 13.3. The summed E-state index contributed by atoms with van der Waals surface area (Å²) < 4.78 is 17.9. The zero-order chi connectivity index (χ0) is 27.0. The molecule has 0 unspecified atom stereocenters. The van der Waals surface area contributed by atoms with Crippen LogP contribution in [0, 0.1) is 0 Å². The Kier molecular flexibility index (Phi) is 9.50. The molecule has 0 bridgehead atoms. The van der Waals surface area contributed by atoms with Gasteiger partial charge in [-0.1, -0.05) is 53.5 Å². The highest BCUT2D eigenvalue weighted by Gasteiger charge is 2.42. The third-order valence-corrected chi connectivity index (χ3v) is 6.76. The molecule has 2 amide bonds. The molecule has 0 aliphatic carbocycles. The highest BCUT2D eigenvalue weighted by atomic mass is 35.5. The van der Waals surface area contributed by atoms with Crippen molar-refractivity contribution in [2.75, 3.05) is 40.0 Å². The number of carbonyl (C=O) groups excluding carboxylic acids is 2. The smallest absolute Gasteiger partial charge is 0.260 e. The number of benzene rings is 3. The van der Waals surface area contributed by atoms with Crippen molar-refractivity contribution in [2.45, 2.75) is 18.6 Å². The average molecular weight is 557 g/mol. The lowest BCUT2D eigenvalue weighted by atomic mass is 9.96. The number of ether oxygens (including phenoxy) is 3. The Morgan fingerprint density at radius 3 is 2.16 bits per heavy atom. The van der Waals surface area contributed by atoms with Crippen LogP contribution >= 0.6 is 23.2 Å². The predicted octanol–water partition coefficient (Wildman–Crippen LogP) is 5.10. The Morgan fingerprint density at radius 1 is 0.921 bits per heavy atom. The number of nitrogens with zero attached hydrogens (tertiary/aromatic N) is 2. The van der Waals surface area contributed by atoms with E-state index in [1.54, 1.807) is 65.4 Å². The van der Waals surface area contributed by atoms with Gasteiger partial charge in [-0.15, -0.1) is 0 Å². The van der Waals surface area contributed by atoms with E-state index in [1.165, 1.54) is 0 Å². The fraction of sp³-hybridized carbons (Fsp3) is 0.310. The number of rotatable bonds is 10. The van der Waals surface area contributed by atoms with Gasteiger partial charge < -0.3 is 24.0 Å². The molecule has 7 nitrogen and oxygen atoms in total. The first-order chi connectivity index (χ1) is 18.3. The van der Waals surface area contributed by atoms with Crippen molar-refractivity contribution in [1.29, 1.82) is 0 Å². The Labute approximate surface area is 232 Å². The molecular weight excluding hydrogens is 527 g/mol. The number of amides is 2. The molecule has 1 fully saturated rings. The Morgan fingerprint density at radius 2 is 1.53 bits per heavy atom. The molecule has 3 aromatic carbocycles. The van der Waals surface area contributed by atoms with E-state index in [1.807, 2.05) is 30.3 Å². The molecule has 0 radical (unpaired) electrons. The lowest BCUT2D eigenvalue weighted by Crippen LogP contribution is -2.58. The van der Waals surface area contributed by atoms with Crippen molar-refractivity contribution in [3.05, 3.63) is 94.5 Å². The van der Waals surface area contributed by atoms with Crippen LogP contribution in [0.5, 0.6) is 11.5 Å². The summed E-state index contributed by atoms with van der Waals surface area (Å²) in [4.78, 5) is 29.7. The molecule has 0 aromatic heterocycles. The first kappa shape index (κ1) is 27.8. The second-order valence-corrected chi connectivity index (χ2v) is 10.1. The molecule has 0 saturated carbocycles. The number of carbonyl (C=O) groups is 2. The SMILES string of the molecule is CN(Cc1ccccc1)C(=O)C[C@]1(COc2ccc(Cl)cc2)CN(C(=O)COc2ccc(Cl)cc2)CCO1. The molecule has 0 spiro atoms. The largest absolute Gasteiger partial charge is 0.490 e. The molecule has 200 valence electrons. The summed E-state index contributed by atoms with van der Waals surface area (Å²) in [6.45, 7) is 1.25. The zero-order valence-corrected chi connectivity index (χ0v) is 22.7. The van der Waals surface area contributed by atoms with Crippen LogP contribution in [-0.4, -0.2) is 67.2 Å². The topological polar surface area (TPSA) is 68.3 Å². The van der Waals surface area contributed by atoms with Gasteiger partial charge in [-0.3, -0.25) is 9.59 Å². The van der Waals surface area contributed by atoms with Gasteiger partial charge >= 0.3 is 0 Å². The molecule has 1 aliphatic heterocycles. The predicted molar refractivity (Wildman–Crippen MR) is 147 cm³/mol. The lowest BCUT2D eigenvalue weighted by molar-refractivity contribution is -0.166. The van der Waals surface area contributed by atoms with Gasteiger partial charge in [0.2, 0.25) is 5.91 Å². The van der Waals surface area contributed by atoms with Crippen LogP contribution in [0.1, 0.15) is 12.0 Å². The van der Waals surface area contributed by atoms with Gasteiger partial charge in [0.15, 0.2) is 6.61 Å². The lowest BCUT2D eigenvalue weighted by Gasteiger charge is -2.42. The number of halogens is 2. The third kappa shape index (κ3) is 7.87. The maximum atomic E-state index is 13.3. The average Bonchev–Trinajstić information content (AvgIpc) is 2.93. The van der Waals surface area contributed by atoms with Gasteiger partial charge in [0.1, 0.15) is 23.7 Å². The fourth-order valence-electron chi connectivity index (χ4n) is 4.17. The molecule has 9 heteroatoms. The number of hydrogen-bond donors (Lipinski definition) is 0. The van der Waals surface area contributed by atoms with Crippen molar-refractivity contribution in [2.24, 2.45) is 0 Å². The number of hydrogen-bond acceptors (Lipinski definition) is 5. The van der Waals surface area contributed by atoms with E-state index in [0.717, 1.165) is 5.56 Å². The summed E-state index contributed by atoms with van der Waals surface area (Å²) in [5.74, 6) is 0.826. The van der Waals surface area contributed by atoms with Gasteiger partial charge in [-0.05, 0) is 54.1 Å². The second kappa shape index (κ2) is 13.0. The van der Waals surface area contributed by atoms with E-state index in [4.69, 9.17) is 37.4 Å². The third-order valence-electron chi connectivity index (χ3n) is 6.25. The van der Waals surface area contributed by atoms with E-state index < -0.39 is 5.60 Å². The minimum atomic E-state index is -1.03. The van der Waals surface area contributed by atoms with E-state index in [0.29, 0.717) is 34.6 Å². The van der Waals surface area contributed by atoms with Gasteiger partial charge in [-0.25, -0.2) is 0 Å². The molecule has 1 saturated heterocycles. The van der Waals surface area contributed by atoms with Crippen LogP contribution in [0.2, 0.25) is 10.0 Å². The summed E-state index contributed by atoms with van der Waals surface area (Å²) in [6.07, 6.45) is 0.0474. The monoisotopic (exact) mass is 556 g/mol. The van der Waals surface area contributed by atoms with E-state index >= 15 is 0 Å². The van der Waals surface area contributed by atoms with Crippen LogP contribution in [0.4, 0.5) is 0 Å². The Hall–Kier alpha value is -3.26. The normalized spacial score (nSPS) is 17.1. The van der Waals surface area contributed by atoms with Gasteiger partial charge in [0, 0.05) is 30.2 Å². The second-order valence-electron chi connectivity index (χ2n) is 9.24. The van der Waals surface area contributed by atoms with Crippen LogP contribution in [-0.2, 0) is 20.9 Å². The number of morpholine rings is 1. The van der Waals surface area contributed by atoms with E-state index in [2.05, 4.69) is 0 Å². The van der Waals surface area contributed by atoms with Crippen molar-refractivity contribution in [3.8, 4) is 11.5 Å². The highest BCUT2D eigenvalue weighted by Crippen LogP contribution is 2.27. The summed E-state index contributed by atoms with van der Waals surface area (Å²) >= 11 is 11.9. The van der Waals surface area contributed by atoms with Gasteiger partial charge in [0.05, 0.1) is 19.6 Å².